The van der Waals surface area contributed by atoms with Crippen molar-refractivity contribution in [1.82, 2.24) is 0 Å². The fourth-order valence-electron chi connectivity index (χ4n) is 6.23. The van der Waals surface area contributed by atoms with Gasteiger partial charge in [0.05, 0.1) is 12.2 Å². The van der Waals surface area contributed by atoms with Gasteiger partial charge in [-0.2, -0.15) is 0 Å². The van der Waals surface area contributed by atoms with E-state index in [0.717, 1.165) is 5.57 Å². The Kier molecular flexibility index (Phi) is 5.54. The number of carbonyl (C=O) groups is 3. The number of aliphatic hydroxyl groups excluding tert-OH is 2. The molecule has 4 rings (SSSR count). The molecule has 0 aromatic heterocycles. The van der Waals surface area contributed by atoms with E-state index >= 15 is 0 Å². The molecule has 9 nitrogen and oxygen atoms in total. The molecular weight excluding hydrogens is 432 g/mol. The fraction of sp³-hybridized carbons (Fsp3) is 0.708. The summed E-state index contributed by atoms with van der Waals surface area (Å²) in [7, 11) is 0. The Morgan fingerprint density at radius 1 is 1.15 bits per heavy atom. The summed E-state index contributed by atoms with van der Waals surface area (Å²) in [5.41, 5.74) is -3.02. The van der Waals surface area contributed by atoms with Crippen LogP contribution < -0.4 is 0 Å². The normalized spacial score (nSPS) is 50.0. The van der Waals surface area contributed by atoms with Crippen molar-refractivity contribution in [2.75, 3.05) is 0 Å². The monoisotopic (exact) mass is 464 g/mol. The Bertz CT molecular complexity index is 940. The third kappa shape index (κ3) is 3.35. The van der Waals surface area contributed by atoms with Crippen LogP contribution in [0.2, 0.25) is 0 Å². The first-order valence-corrected chi connectivity index (χ1v) is 11.3. The number of aliphatic hydroxyl groups is 2. The zero-order chi connectivity index (χ0) is 24.5. The molecule has 0 aromatic rings. The van der Waals surface area contributed by atoms with Gasteiger partial charge in [0.15, 0.2) is 17.3 Å². The van der Waals surface area contributed by atoms with Crippen molar-refractivity contribution in [3.05, 3.63) is 23.8 Å². The molecule has 2 heterocycles. The van der Waals surface area contributed by atoms with Crippen LogP contribution in [0.3, 0.4) is 0 Å². The topological polar surface area (TPSA) is 132 Å². The van der Waals surface area contributed by atoms with E-state index in [1.165, 1.54) is 13.8 Å². The van der Waals surface area contributed by atoms with E-state index in [9.17, 15) is 24.6 Å². The summed E-state index contributed by atoms with van der Waals surface area (Å²) in [6.07, 6.45) is 0.369. The zero-order valence-corrected chi connectivity index (χ0v) is 19.7. The number of hydrogen-bond acceptors (Lipinski definition) is 9. The van der Waals surface area contributed by atoms with Crippen LogP contribution in [0.1, 0.15) is 48.0 Å². The van der Waals surface area contributed by atoms with Crippen molar-refractivity contribution >= 4 is 17.9 Å². The molecule has 33 heavy (non-hydrogen) atoms. The summed E-state index contributed by atoms with van der Waals surface area (Å²) in [5, 5.41) is 22.5. The SMILES string of the molecule is CC(=O)O[C@H]1C/C(C)=C\[C@@H]2OC(=O)[C@]3(C)O[C@]23[C@@H](O)[C@H]2[C@@H](C)[C@H](O)C=C[C@]2(C)[C@H]1OC(C)=O. The van der Waals surface area contributed by atoms with E-state index in [1.54, 1.807) is 45.9 Å². The summed E-state index contributed by atoms with van der Waals surface area (Å²) in [6, 6.07) is 0. The van der Waals surface area contributed by atoms with Gasteiger partial charge in [-0.25, -0.2) is 4.79 Å². The minimum Gasteiger partial charge on any atom is -0.458 e. The highest BCUT2D eigenvalue weighted by Crippen LogP contribution is 2.64. The first kappa shape index (κ1) is 23.9. The van der Waals surface area contributed by atoms with Crippen LogP contribution in [-0.4, -0.2) is 69.8 Å². The van der Waals surface area contributed by atoms with Crippen molar-refractivity contribution in [2.45, 2.75) is 89.7 Å². The average molecular weight is 465 g/mol. The second kappa shape index (κ2) is 7.65. The van der Waals surface area contributed by atoms with Gasteiger partial charge in [0, 0.05) is 31.6 Å². The third-order valence-electron chi connectivity index (χ3n) is 7.90. The van der Waals surface area contributed by atoms with Crippen LogP contribution in [0.15, 0.2) is 23.8 Å². The molecular formula is C24H32O9. The van der Waals surface area contributed by atoms with Gasteiger partial charge in [0.1, 0.15) is 12.2 Å². The lowest BCUT2D eigenvalue weighted by Gasteiger charge is -2.51. The average Bonchev–Trinajstić information content (AvgIpc) is 3.29. The summed E-state index contributed by atoms with van der Waals surface area (Å²) >= 11 is 0. The molecule has 0 unspecified atom stereocenters. The van der Waals surface area contributed by atoms with Gasteiger partial charge in [-0.1, -0.05) is 31.6 Å². The number of fused-ring (bicyclic) bond motifs is 1. The fourth-order valence-corrected chi connectivity index (χ4v) is 6.23. The second-order valence-electron chi connectivity index (χ2n) is 10.2. The van der Waals surface area contributed by atoms with E-state index in [4.69, 9.17) is 18.9 Å². The maximum Gasteiger partial charge on any atom is 0.342 e. The summed E-state index contributed by atoms with van der Waals surface area (Å²) < 4.78 is 23.0. The smallest absolute Gasteiger partial charge is 0.342 e. The van der Waals surface area contributed by atoms with Crippen LogP contribution in [0.4, 0.5) is 0 Å². The highest BCUT2D eigenvalue weighted by molar-refractivity contribution is 5.88. The molecule has 0 radical (unpaired) electrons. The van der Waals surface area contributed by atoms with E-state index in [0.29, 0.717) is 0 Å². The van der Waals surface area contributed by atoms with Gasteiger partial charge in [0.2, 0.25) is 0 Å². The Morgan fingerprint density at radius 2 is 1.79 bits per heavy atom. The van der Waals surface area contributed by atoms with E-state index in [1.807, 2.05) is 0 Å². The minimum absolute atomic E-state index is 0.210. The molecule has 2 saturated heterocycles. The Balaban J connectivity index is 1.93. The molecule has 1 spiro atoms. The molecule has 2 aliphatic heterocycles. The lowest BCUT2D eigenvalue weighted by Crippen LogP contribution is -2.61. The molecule has 2 fully saturated rings. The van der Waals surface area contributed by atoms with Gasteiger partial charge in [-0.15, -0.1) is 0 Å². The van der Waals surface area contributed by atoms with Crippen LogP contribution in [0.5, 0.6) is 0 Å². The first-order chi connectivity index (χ1) is 15.3. The van der Waals surface area contributed by atoms with Crippen LogP contribution in [0.25, 0.3) is 0 Å². The zero-order valence-electron chi connectivity index (χ0n) is 19.7. The van der Waals surface area contributed by atoms with E-state index in [-0.39, 0.29) is 6.42 Å². The maximum absolute atomic E-state index is 12.7. The predicted octanol–water partition coefficient (Wildman–Crippen LogP) is 1.20. The Labute approximate surface area is 192 Å². The first-order valence-electron chi connectivity index (χ1n) is 11.3. The molecule has 4 aliphatic rings. The summed E-state index contributed by atoms with van der Waals surface area (Å²) in [5.74, 6) is -2.91. The maximum atomic E-state index is 12.7. The third-order valence-corrected chi connectivity index (χ3v) is 7.90. The van der Waals surface area contributed by atoms with Gasteiger partial charge in [-0.3, -0.25) is 9.59 Å². The second-order valence-corrected chi connectivity index (χ2v) is 10.2. The number of carbonyl (C=O) groups excluding carboxylic acids is 3. The summed E-state index contributed by atoms with van der Waals surface area (Å²) in [4.78, 5) is 36.8. The van der Waals surface area contributed by atoms with E-state index in [2.05, 4.69) is 0 Å². The molecule has 2 aliphatic carbocycles. The minimum atomic E-state index is -1.34. The number of epoxide rings is 1. The van der Waals surface area contributed by atoms with Crippen molar-refractivity contribution in [3.8, 4) is 0 Å². The molecule has 182 valence electrons. The lowest BCUT2D eigenvalue weighted by atomic mass is 9.57. The van der Waals surface area contributed by atoms with Gasteiger partial charge in [-0.05, 0) is 25.8 Å². The van der Waals surface area contributed by atoms with Crippen molar-refractivity contribution in [1.29, 1.82) is 0 Å². The number of hydrogen-bond donors (Lipinski definition) is 2. The predicted molar refractivity (Wildman–Crippen MR) is 113 cm³/mol. The molecule has 9 heteroatoms. The quantitative estimate of drug-likeness (QED) is 0.268. The number of rotatable bonds is 2. The standard InChI is InChI=1S/C24H32O9/c1-11-9-16(30-13(3)25)20(31-14(4)26)22(5)8-7-15(27)12(2)18(22)19(28)24-17(10-11)32-21(29)23(24,6)33-24/h7-8,10,12,15-20,27-28H,9H2,1-6H3/b11-10-/t12-,15+,16-,17-,18+,19-,20-,22-,23-,24-/m0/s1. The number of ether oxygens (including phenoxy) is 4. The van der Waals surface area contributed by atoms with Crippen LogP contribution in [0, 0.1) is 17.3 Å². The Hall–Kier alpha value is -2.23. The van der Waals surface area contributed by atoms with E-state index < -0.39 is 76.9 Å². The molecule has 0 bridgehead atoms. The molecule has 2 N–H and O–H groups in total. The molecule has 0 aromatic carbocycles. The van der Waals surface area contributed by atoms with Gasteiger partial charge < -0.3 is 29.2 Å². The highest BCUT2D eigenvalue weighted by Gasteiger charge is 2.85. The Morgan fingerprint density at radius 3 is 2.36 bits per heavy atom. The van der Waals surface area contributed by atoms with Crippen molar-refractivity contribution < 1.29 is 43.5 Å². The van der Waals surface area contributed by atoms with Gasteiger partial charge >= 0.3 is 17.9 Å². The lowest BCUT2D eigenvalue weighted by molar-refractivity contribution is -0.189. The number of esters is 3. The summed E-state index contributed by atoms with van der Waals surface area (Å²) in [6.45, 7) is 9.51. The largest absolute Gasteiger partial charge is 0.458 e. The highest BCUT2D eigenvalue weighted by atomic mass is 16.7. The van der Waals surface area contributed by atoms with Crippen LogP contribution >= 0.6 is 0 Å². The molecule has 0 amide bonds. The molecule has 10 atom stereocenters. The van der Waals surface area contributed by atoms with Gasteiger partial charge in [0.25, 0.3) is 0 Å². The molecule has 0 saturated carbocycles. The van der Waals surface area contributed by atoms with Crippen molar-refractivity contribution in [2.24, 2.45) is 17.3 Å². The van der Waals surface area contributed by atoms with Crippen molar-refractivity contribution in [3.63, 3.8) is 0 Å². The van der Waals surface area contributed by atoms with Crippen LogP contribution in [-0.2, 0) is 33.3 Å².